The molecule has 3 aromatic rings. The number of carbonyl (C=O) groups excluding carboxylic acids is 3. The summed E-state index contributed by atoms with van der Waals surface area (Å²) in [5, 5.41) is 11.5. The standard InChI is InChI=1S/C33H39F3N6O3/c1-40-27-11-8-22(16-24(27)19-39-40)18-38-30(43)28-17-23(15-21-6-9-25(10-7-21)33(34,35)36)20-42(28)32(45)29-26(5-4-12-37-29)31(44)41-13-2-3-14-41/h6-11,16,19,23,26,28-29,37H,2-5,12-15,17-18,20H2,1H3,(H,38,43)/t23-,26+,28+,29-/m1/s1. The molecule has 45 heavy (non-hydrogen) atoms. The molecule has 3 amide bonds. The van der Waals surface area contributed by atoms with E-state index in [1.807, 2.05) is 30.1 Å². The third-order valence-electron chi connectivity index (χ3n) is 9.52. The Labute approximate surface area is 260 Å². The van der Waals surface area contributed by atoms with Gasteiger partial charge in [0.2, 0.25) is 17.7 Å². The van der Waals surface area contributed by atoms with Crippen LogP contribution in [0.3, 0.4) is 0 Å². The summed E-state index contributed by atoms with van der Waals surface area (Å²) in [5.74, 6) is -1.19. The van der Waals surface area contributed by atoms with Gasteiger partial charge < -0.3 is 20.4 Å². The minimum atomic E-state index is -4.42. The summed E-state index contributed by atoms with van der Waals surface area (Å²) < 4.78 is 41.1. The lowest BCUT2D eigenvalue weighted by Crippen LogP contribution is -2.59. The van der Waals surface area contributed by atoms with Gasteiger partial charge in [0.1, 0.15) is 6.04 Å². The average molecular weight is 625 g/mol. The van der Waals surface area contributed by atoms with Gasteiger partial charge in [0.15, 0.2) is 0 Å². The Morgan fingerprint density at radius 3 is 2.47 bits per heavy atom. The van der Waals surface area contributed by atoms with Crippen molar-refractivity contribution in [1.29, 1.82) is 0 Å². The summed E-state index contributed by atoms with van der Waals surface area (Å²) >= 11 is 0. The van der Waals surface area contributed by atoms with Gasteiger partial charge in [-0.2, -0.15) is 18.3 Å². The van der Waals surface area contributed by atoms with E-state index < -0.39 is 29.7 Å². The number of nitrogens with one attached hydrogen (secondary N) is 2. The third-order valence-corrected chi connectivity index (χ3v) is 9.52. The highest BCUT2D eigenvalue weighted by Gasteiger charge is 2.46. The van der Waals surface area contributed by atoms with Gasteiger partial charge in [0, 0.05) is 38.6 Å². The smallest absolute Gasteiger partial charge is 0.350 e. The zero-order valence-corrected chi connectivity index (χ0v) is 25.4. The highest BCUT2D eigenvalue weighted by Crippen LogP contribution is 2.33. The summed E-state index contributed by atoms with van der Waals surface area (Å²) in [4.78, 5) is 44.8. The molecule has 4 atom stereocenters. The first kappa shape index (κ1) is 31.1. The van der Waals surface area contributed by atoms with Crippen LogP contribution < -0.4 is 10.6 Å². The van der Waals surface area contributed by atoms with Crippen molar-refractivity contribution in [2.24, 2.45) is 18.9 Å². The molecule has 4 heterocycles. The molecule has 3 saturated heterocycles. The number of amides is 3. The largest absolute Gasteiger partial charge is 0.416 e. The van der Waals surface area contributed by atoms with Crippen molar-refractivity contribution >= 4 is 28.6 Å². The summed E-state index contributed by atoms with van der Waals surface area (Å²) in [6, 6.07) is 9.42. The number of hydrogen-bond acceptors (Lipinski definition) is 5. The number of aryl methyl sites for hydroxylation is 1. The van der Waals surface area contributed by atoms with E-state index in [4.69, 9.17) is 0 Å². The number of aromatic nitrogens is 2. The predicted octanol–water partition coefficient (Wildman–Crippen LogP) is 3.66. The topological polar surface area (TPSA) is 99.6 Å². The zero-order valence-electron chi connectivity index (χ0n) is 25.4. The molecule has 3 fully saturated rings. The molecule has 0 radical (unpaired) electrons. The summed E-state index contributed by atoms with van der Waals surface area (Å²) in [7, 11) is 1.86. The number of alkyl halides is 3. The van der Waals surface area contributed by atoms with Crippen LogP contribution in [0.2, 0.25) is 0 Å². The van der Waals surface area contributed by atoms with Gasteiger partial charge in [0.05, 0.1) is 29.2 Å². The highest BCUT2D eigenvalue weighted by molar-refractivity contribution is 5.94. The molecule has 12 heteroatoms. The molecule has 0 unspecified atom stereocenters. The van der Waals surface area contributed by atoms with Crippen LogP contribution in [0.1, 0.15) is 48.8 Å². The first-order valence-corrected chi connectivity index (χ1v) is 15.8. The fourth-order valence-corrected chi connectivity index (χ4v) is 7.12. The quantitative estimate of drug-likeness (QED) is 0.418. The minimum Gasteiger partial charge on any atom is -0.350 e. The van der Waals surface area contributed by atoms with Gasteiger partial charge >= 0.3 is 6.18 Å². The van der Waals surface area contributed by atoms with E-state index in [0.717, 1.165) is 47.9 Å². The number of nitrogens with zero attached hydrogens (tertiary/aromatic N) is 4. The summed E-state index contributed by atoms with van der Waals surface area (Å²) in [6.07, 6.45) is 1.45. The van der Waals surface area contributed by atoms with Gasteiger partial charge in [-0.1, -0.05) is 18.2 Å². The molecule has 1 aromatic heterocycles. The van der Waals surface area contributed by atoms with Crippen molar-refractivity contribution in [3.63, 3.8) is 0 Å². The van der Waals surface area contributed by atoms with E-state index in [0.29, 0.717) is 44.5 Å². The Morgan fingerprint density at radius 2 is 1.73 bits per heavy atom. The summed E-state index contributed by atoms with van der Waals surface area (Å²) in [5.41, 5.74) is 1.87. The van der Waals surface area contributed by atoms with E-state index in [-0.39, 0.29) is 36.7 Å². The Balaban J connectivity index is 1.20. The van der Waals surface area contributed by atoms with E-state index in [1.54, 1.807) is 15.8 Å². The lowest BCUT2D eigenvalue weighted by Gasteiger charge is -2.36. The highest BCUT2D eigenvalue weighted by atomic mass is 19.4. The normalized spacial score (nSPS) is 23.9. The van der Waals surface area contributed by atoms with Crippen LogP contribution in [-0.2, 0) is 40.6 Å². The lowest BCUT2D eigenvalue weighted by atomic mass is 9.88. The minimum absolute atomic E-state index is 0.00894. The van der Waals surface area contributed by atoms with E-state index in [2.05, 4.69) is 15.7 Å². The van der Waals surface area contributed by atoms with Crippen LogP contribution in [0.5, 0.6) is 0 Å². The molecule has 3 aliphatic heterocycles. The second-order valence-electron chi connectivity index (χ2n) is 12.6. The maximum atomic E-state index is 14.2. The molecule has 0 aliphatic carbocycles. The maximum Gasteiger partial charge on any atom is 0.416 e. The molecule has 0 saturated carbocycles. The SMILES string of the molecule is Cn1ncc2cc(CNC(=O)[C@@H]3C[C@@H](Cc4ccc(C(F)(F)F)cc4)CN3C(=O)[C@@H]3NCCC[C@@H]3C(=O)N3CCCC3)ccc21. The van der Waals surface area contributed by atoms with Gasteiger partial charge in [0.25, 0.3) is 0 Å². The Hall–Kier alpha value is -3.93. The van der Waals surface area contributed by atoms with Crippen molar-refractivity contribution < 1.29 is 27.6 Å². The van der Waals surface area contributed by atoms with Crippen LogP contribution in [-0.4, -0.2) is 75.6 Å². The van der Waals surface area contributed by atoms with Crippen molar-refractivity contribution in [2.75, 3.05) is 26.2 Å². The first-order valence-electron chi connectivity index (χ1n) is 15.8. The Bertz CT molecular complexity index is 1550. The molecule has 9 nitrogen and oxygen atoms in total. The first-order chi connectivity index (χ1) is 21.6. The molecule has 6 rings (SSSR count). The number of rotatable bonds is 7. The molecular weight excluding hydrogens is 585 g/mol. The number of carbonyl (C=O) groups is 3. The number of halogens is 3. The second kappa shape index (κ2) is 12.8. The van der Waals surface area contributed by atoms with Crippen LogP contribution in [0.15, 0.2) is 48.7 Å². The fourth-order valence-electron chi connectivity index (χ4n) is 7.12. The van der Waals surface area contributed by atoms with Gasteiger partial charge in [-0.25, -0.2) is 0 Å². The number of hydrogen-bond donors (Lipinski definition) is 2. The molecule has 240 valence electrons. The molecule has 3 aliphatic rings. The third kappa shape index (κ3) is 6.70. The number of likely N-dealkylation sites (tertiary alicyclic amines) is 2. The summed E-state index contributed by atoms with van der Waals surface area (Å²) in [6.45, 7) is 2.55. The van der Waals surface area contributed by atoms with Gasteiger partial charge in [-0.3, -0.25) is 19.1 Å². The van der Waals surface area contributed by atoms with Crippen molar-refractivity contribution in [1.82, 2.24) is 30.2 Å². The van der Waals surface area contributed by atoms with Crippen molar-refractivity contribution in [3.8, 4) is 0 Å². The number of fused-ring (bicyclic) bond motifs is 1. The molecule has 2 N–H and O–H groups in total. The maximum absolute atomic E-state index is 14.2. The van der Waals surface area contributed by atoms with Crippen LogP contribution in [0, 0.1) is 11.8 Å². The monoisotopic (exact) mass is 624 g/mol. The molecule has 0 bridgehead atoms. The zero-order chi connectivity index (χ0) is 31.7. The molecular formula is C33H39F3N6O3. The molecule has 2 aromatic carbocycles. The van der Waals surface area contributed by atoms with Gasteiger partial charge in [-0.05, 0) is 86.4 Å². The van der Waals surface area contributed by atoms with Crippen LogP contribution in [0.25, 0.3) is 10.9 Å². The van der Waals surface area contributed by atoms with Crippen molar-refractivity contribution in [2.45, 2.75) is 63.3 Å². The average Bonchev–Trinajstić information content (AvgIpc) is 3.80. The van der Waals surface area contributed by atoms with E-state index in [9.17, 15) is 27.6 Å². The van der Waals surface area contributed by atoms with Crippen LogP contribution >= 0.6 is 0 Å². The second-order valence-corrected chi connectivity index (χ2v) is 12.6. The Morgan fingerprint density at radius 1 is 1.00 bits per heavy atom. The van der Waals surface area contributed by atoms with Crippen LogP contribution in [0.4, 0.5) is 13.2 Å². The van der Waals surface area contributed by atoms with Gasteiger partial charge in [-0.15, -0.1) is 0 Å². The van der Waals surface area contributed by atoms with Crippen molar-refractivity contribution in [3.05, 3.63) is 65.4 Å². The predicted molar refractivity (Wildman–Crippen MR) is 162 cm³/mol. The van der Waals surface area contributed by atoms with E-state index in [1.165, 1.54) is 12.1 Å². The fraction of sp³-hybridized carbons (Fsp3) is 0.515. The lowest BCUT2D eigenvalue weighted by molar-refractivity contribution is -0.146. The molecule has 0 spiro atoms. The number of piperidine rings is 1. The Kier molecular flexibility index (Phi) is 8.85. The number of benzene rings is 2. The van der Waals surface area contributed by atoms with E-state index >= 15 is 0 Å².